The number of carbonyl (C=O) groups excluding carboxylic acids is 1. The quantitative estimate of drug-likeness (QED) is 0.408. The molecule has 2 aromatic heterocycles. The van der Waals surface area contributed by atoms with Gasteiger partial charge in [0, 0.05) is 34.7 Å². The lowest BCUT2D eigenvalue weighted by molar-refractivity contribution is 0.103. The Morgan fingerprint density at radius 1 is 1.10 bits per heavy atom. The number of halogens is 1. The molecule has 1 atom stereocenters. The van der Waals surface area contributed by atoms with Crippen LogP contribution < -0.4 is 4.72 Å². The highest BCUT2D eigenvalue weighted by atomic mass is 32.2. The number of carbonyl (C=O) groups is 1. The first-order chi connectivity index (χ1) is 14.6. The Labute approximate surface area is 176 Å². The molecule has 0 amide bonds. The van der Waals surface area contributed by atoms with Gasteiger partial charge < -0.3 is 9.71 Å². The number of hydrogen-bond donors (Lipinski definition) is 2. The average Bonchev–Trinajstić information content (AvgIpc) is 3.19. The van der Waals surface area contributed by atoms with Crippen molar-refractivity contribution >= 4 is 33.5 Å². The predicted octanol–water partition coefficient (Wildman–Crippen LogP) is 5.09. The van der Waals surface area contributed by atoms with Crippen molar-refractivity contribution in [2.45, 2.75) is 13.3 Å². The van der Waals surface area contributed by atoms with Crippen molar-refractivity contribution in [3.05, 3.63) is 83.9 Å². The number of ketones is 1. The fraction of sp³-hybridized carbons (Fsp3) is 0.130. The molecule has 0 radical (unpaired) electrons. The van der Waals surface area contributed by atoms with E-state index in [2.05, 4.69) is 14.7 Å². The number of benzene rings is 2. The van der Waals surface area contributed by atoms with Gasteiger partial charge >= 0.3 is 0 Å². The number of H-pyrrole nitrogens is 1. The zero-order chi connectivity index (χ0) is 21.1. The average molecular weight is 421 g/mol. The van der Waals surface area contributed by atoms with Gasteiger partial charge in [-0.2, -0.15) is 0 Å². The lowest BCUT2D eigenvalue weighted by Crippen LogP contribution is -2.12. The van der Waals surface area contributed by atoms with Gasteiger partial charge in [-0.05, 0) is 30.2 Å². The van der Waals surface area contributed by atoms with E-state index in [0.717, 1.165) is 11.1 Å². The van der Waals surface area contributed by atoms with Crippen LogP contribution in [-0.4, -0.2) is 25.7 Å². The molecule has 2 heterocycles. The van der Waals surface area contributed by atoms with Gasteiger partial charge in [0.25, 0.3) is 0 Å². The van der Waals surface area contributed by atoms with Crippen LogP contribution in [0.1, 0.15) is 29.3 Å². The summed E-state index contributed by atoms with van der Waals surface area (Å²) in [5.74, 6) is -0.780. The number of rotatable bonds is 7. The maximum atomic E-state index is 15.0. The summed E-state index contributed by atoms with van der Waals surface area (Å²) in [6, 6.07) is 16.1. The number of aromatic amines is 1. The number of nitrogens with zero attached hydrogens (tertiary/aromatic N) is 1. The minimum absolute atomic E-state index is 0.0515. The molecular weight excluding hydrogens is 401 g/mol. The predicted molar refractivity (Wildman–Crippen MR) is 118 cm³/mol. The molecule has 4 aromatic rings. The monoisotopic (exact) mass is 421 g/mol. The third-order valence-corrected chi connectivity index (χ3v) is 5.97. The Morgan fingerprint density at radius 3 is 2.67 bits per heavy atom. The largest absolute Gasteiger partial charge is 0.345 e. The molecule has 0 aliphatic heterocycles. The lowest BCUT2D eigenvalue weighted by atomic mass is 10.0. The topological polar surface area (TPSA) is 74.8 Å². The van der Waals surface area contributed by atoms with Crippen LogP contribution in [0.3, 0.4) is 0 Å². The van der Waals surface area contributed by atoms with E-state index in [4.69, 9.17) is 0 Å². The minimum atomic E-state index is -1.40. The molecule has 0 bridgehead atoms. The Hall–Kier alpha value is -3.32. The highest BCUT2D eigenvalue weighted by Gasteiger charge is 2.21. The molecule has 2 aromatic carbocycles. The molecule has 30 heavy (non-hydrogen) atoms. The van der Waals surface area contributed by atoms with E-state index >= 15 is 4.39 Å². The zero-order valence-electron chi connectivity index (χ0n) is 16.3. The molecule has 152 valence electrons. The van der Waals surface area contributed by atoms with Crippen molar-refractivity contribution < 1.29 is 13.4 Å². The van der Waals surface area contributed by atoms with Gasteiger partial charge in [0.2, 0.25) is 0 Å². The molecule has 0 fully saturated rings. The summed E-state index contributed by atoms with van der Waals surface area (Å²) in [4.78, 5) is 20.5. The van der Waals surface area contributed by atoms with Crippen molar-refractivity contribution in [1.82, 2.24) is 9.97 Å². The summed E-state index contributed by atoms with van der Waals surface area (Å²) in [6.45, 7) is 1.89. The summed E-state index contributed by atoms with van der Waals surface area (Å²) in [5, 5.41) is 0.619. The second-order valence-electron chi connectivity index (χ2n) is 6.84. The second kappa shape index (κ2) is 8.59. The Bertz CT molecular complexity index is 1240. The zero-order valence-corrected chi connectivity index (χ0v) is 17.1. The molecule has 0 spiro atoms. The first-order valence-electron chi connectivity index (χ1n) is 9.59. The first kappa shape index (κ1) is 20.0. The number of fused-ring (bicyclic) bond motifs is 1. The molecule has 1 unspecified atom stereocenters. The van der Waals surface area contributed by atoms with E-state index in [-0.39, 0.29) is 11.3 Å². The van der Waals surface area contributed by atoms with E-state index in [1.54, 1.807) is 18.5 Å². The maximum absolute atomic E-state index is 15.0. The van der Waals surface area contributed by atoms with Crippen LogP contribution >= 0.6 is 0 Å². The van der Waals surface area contributed by atoms with Crippen LogP contribution in [0.5, 0.6) is 0 Å². The van der Waals surface area contributed by atoms with Crippen molar-refractivity contribution in [3.8, 4) is 11.1 Å². The van der Waals surface area contributed by atoms with Crippen molar-refractivity contribution in [2.24, 2.45) is 0 Å². The SMILES string of the molecule is CCCS(=O)Nc1cccc(C(=O)c2c[nH]c3ncc(-c4ccccc4)cc23)c1F. The molecular formula is C23H20FN3O2S. The van der Waals surface area contributed by atoms with Gasteiger partial charge in [-0.1, -0.05) is 43.3 Å². The maximum Gasteiger partial charge on any atom is 0.198 e. The number of aromatic nitrogens is 2. The van der Waals surface area contributed by atoms with E-state index in [1.807, 2.05) is 43.3 Å². The van der Waals surface area contributed by atoms with Crippen LogP contribution in [-0.2, 0) is 11.0 Å². The molecule has 0 saturated carbocycles. The van der Waals surface area contributed by atoms with Gasteiger partial charge in [0.15, 0.2) is 11.6 Å². The first-order valence-corrected chi connectivity index (χ1v) is 10.9. The number of anilines is 1. The van der Waals surface area contributed by atoms with Gasteiger partial charge in [0.05, 0.1) is 11.3 Å². The Morgan fingerprint density at radius 2 is 1.90 bits per heavy atom. The number of nitrogens with one attached hydrogen (secondary N) is 2. The highest BCUT2D eigenvalue weighted by molar-refractivity contribution is 7.86. The highest BCUT2D eigenvalue weighted by Crippen LogP contribution is 2.28. The lowest BCUT2D eigenvalue weighted by Gasteiger charge is -2.09. The Kier molecular flexibility index (Phi) is 5.72. The summed E-state index contributed by atoms with van der Waals surface area (Å²) in [7, 11) is -1.40. The molecule has 0 aliphatic rings. The third kappa shape index (κ3) is 3.89. The molecule has 0 aliphatic carbocycles. The van der Waals surface area contributed by atoms with Crippen LogP contribution in [0.2, 0.25) is 0 Å². The van der Waals surface area contributed by atoms with Crippen molar-refractivity contribution in [3.63, 3.8) is 0 Å². The van der Waals surface area contributed by atoms with E-state index < -0.39 is 22.6 Å². The normalized spacial score (nSPS) is 12.1. The summed E-state index contributed by atoms with van der Waals surface area (Å²) in [6.07, 6.45) is 3.98. The van der Waals surface area contributed by atoms with Crippen LogP contribution in [0, 0.1) is 5.82 Å². The summed E-state index contributed by atoms with van der Waals surface area (Å²) < 4.78 is 29.6. The van der Waals surface area contributed by atoms with Crippen molar-refractivity contribution in [2.75, 3.05) is 10.5 Å². The number of pyridine rings is 1. The van der Waals surface area contributed by atoms with Crippen molar-refractivity contribution in [1.29, 1.82) is 0 Å². The minimum Gasteiger partial charge on any atom is -0.345 e. The summed E-state index contributed by atoms with van der Waals surface area (Å²) >= 11 is 0. The molecule has 7 heteroatoms. The Balaban J connectivity index is 1.72. The van der Waals surface area contributed by atoms with E-state index in [0.29, 0.717) is 28.8 Å². The second-order valence-corrected chi connectivity index (χ2v) is 8.14. The van der Waals surface area contributed by atoms with Crippen LogP contribution in [0.25, 0.3) is 22.2 Å². The van der Waals surface area contributed by atoms with E-state index in [1.165, 1.54) is 12.1 Å². The third-order valence-electron chi connectivity index (χ3n) is 4.74. The van der Waals surface area contributed by atoms with Gasteiger partial charge in [-0.3, -0.25) is 4.79 Å². The fourth-order valence-electron chi connectivity index (χ4n) is 3.27. The van der Waals surface area contributed by atoms with Gasteiger partial charge in [0.1, 0.15) is 16.6 Å². The van der Waals surface area contributed by atoms with Gasteiger partial charge in [-0.25, -0.2) is 13.6 Å². The van der Waals surface area contributed by atoms with E-state index in [9.17, 15) is 9.00 Å². The molecule has 2 N–H and O–H groups in total. The summed E-state index contributed by atoms with van der Waals surface area (Å²) in [5.41, 5.74) is 2.69. The molecule has 0 saturated heterocycles. The van der Waals surface area contributed by atoms with Crippen LogP contribution in [0.15, 0.2) is 67.0 Å². The smallest absolute Gasteiger partial charge is 0.198 e. The van der Waals surface area contributed by atoms with Gasteiger partial charge in [-0.15, -0.1) is 0 Å². The van der Waals surface area contributed by atoms with Crippen LogP contribution in [0.4, 0.5) is 10.1 Å². The standard InChI is InChI=1S/C23H20FN3O2S/c1-2-11-30(29)27-20-10-6-9-17(21(20)24)22(28)19-14-26-23-18(19)12-16(13-25-23)15-7-4-3-5-8-15/h3-10,12-14,27H,2,11H2,1H3,(H,25,26). The number of hydrogen-bond acceptors (Lipinski definition) is 3. The molecule has 5 nitrogen and oxygen atoms in total. The molecule has 4 rings (SSSR count). The fourth-order valence-corrected chi connectivity index (χ4v) is 4.15.